The van der Waals surface area contributed by atoms with E-state index in [0.29, 0.717) is 39.0 Å². The average Bonchev–Trinajstić information content (AvgIpc) is 3.73. The van der Waals surface area contributed by atoms with E-state index in [-0.39, 0.29) is 18.0 Å². The highest BCUT2D eigenvalue weighted by Crippen LogP contribution is 2.42. The van der Waals surface area contributed by atoms with Crippen molar-refractivity contribution in [3.05, 3.63) is 59.2 Å². The van der Waals surface area contributed by atoms with Crippen LogP contribution in [0.4, 0.5) is 5.69 Å². The standard InChI is InChI=1S/C29H31N5O5S/c1-17-28(18(2)39-31-17)20-4-6-24-23(15-20)30-29(34(24)22-10-12-32(16-22)40(3,36)37)25-7-9-27(35)33(25)21-5-8-26-19(14-21)11-13-38-26/h4-6,8,14-15,22,25H,7,9-13,16H2,1-3H3/t22-,25+/m1/s1. The van der Waals surface area contributed by atoms with Crippen molar-refractivity contribution in [1.82, 2.24) is 19.0 Å². The molecular weight excluding hydrogens is 530 g/mol. The Morgan fingerprint density at radius 2 is 1.90 bits per heavy atom. The third kappa shape index (κ3) is 4.02. The van der Waals surface area contributed by atoms with Gasteiger partial charge in [-0.3, -0.25) is 4.79 Å². The van der Waals surface area contributed by atoms with Gasteiger partial charge in [0.2, 0.25) is 15.9 Å². The average molecular weight is 562 g/mol. The number of sulfonamides is 1. The molecule has 2 aromatic heterocycles. The first kappa shape index (κ1) is 25.3. The first-order valence-corrected chi connectivity index (χ1v) is 15.5. The molecule has 2 fully saturated rings. The highest BCUT2D eigenvalue weighted by molar-refractivity contribution is 7.88. The summed E-state index contributed by atoms with van der Waals surface area (Å²) in [4.78, 5) is 20.4. The Balaban J connectivity index is 1.37. The van der Waals surface area contributed by atoms with Crippen LogP contribution in [0.5, 0.6) is 5.75 Å². The number of carbonyl (C=O) groups excluding carboxylic acids is 1. The molecule has 3 aliphatic rings. The Labute approximate surface area is 232 Å². The third-order valence-electron chi connectivity index (χ3n) is 8.46. The van der Waals surface area contributed by atoms with Gasteiger partial charge in [0.05, 0.1) is 41.7 Å². The SMILES string of the molecule is Cc1noc(C)c1-c1ccc2c(c1)nc([C@@H]1CCC(=O)N1c1ccc3c(c1)CCO3)n2[C@@H]1CCN(S(C)(=O)=O)C1. The van der Waals surface area contributed by atoms with Gasteiger partial charge in [-0.15, -0.1) is 0 Å². The normalized spacial score (nSPS) is 21.5. The fraction of sp³-hybridized carbons (Fsp3) is 0.414. The Hall–Kier alpha value is -3.70. The van der Waals surface area contributed by atoms with E-state index in [1.165, 1.54) is 10.6 Å². The molecule has 0 unspecified atom stereocenters. The smallest absolute Gasteiger partial charge is 0.227 e. The quantitative estimate of drug-likeness (QED) is 0.357. The van der Waals surface area contributed by atoms with Crippen molar-refractivity contribution in [2.45, 2.75) is 51.6 Å². The fourth-order valence-corrected chi connectivity index (χ4v) is 7.46. The van der Waals surface area contributed by atoms with Crippen LogP contribution in [-0.4, -0.2) is 59.3 Å². The zero-order valence-corrected chi connectivity index (χ0v) is 23.6. The van der Waals surface area contributed by atoms with Gasteiger partial charge in [0.25, 0.3) is 0 Å². The molecule has 0 bridgehead atoms. The van der Waals surface area contributed by atoms with Crippen LogP contribution in [0.25, 0.3) is 22.2 Å². The number of carbonyl (C=O) groups is 1. The number of benzene rings is 2. The number of nitrogens with zero attached hydrogens (tertiary/aromatic N) is 5. The van der Waals surface area contributed by atoms with E-state index in [9.17, 15) is 13.2 Å². The molecule has 7 rings (SSSR count). The maximum atomic E-state index is 13.3. The van der Waals surface area contributed by atoms with Gasteiger partial charge in [-0.25, -0.2) is 17.7 Å². The Bertz CT molecular complexity index is 1760. The maximum Gasteiger partial charge on any atom is 0.227 e. The Kier molecular flexibility index (Phi) is 5.79. The number of hydrogen-bond acceptors (Lipinski definition) is 7. The second kappa shape index (κ2) is 9.17. The van der Waals surface area contributed by atoms with Crippen molar-refractivity contribution in [1.29, 1.82) is 0 Å². The van der Waals surface area contributed by atoms with E-state index in [1.54, 1.807) is 0 Å². The molecular formula is C29H31N5O5S. The van der Waals surface area contributed by atoms with Gasteiger partial charge in [-0.1, -0.05) is 11.2 Å². The van der Waals surface area contributed by atoms with Crippen LogP contribution in [-0.2, 0) is 21.2 Å². The highest BCUT2D eigenvalue weighted by Gasteiger charge is 2.40. The van der Waals surface area contributed by atoms with E-state index in [2.05, 4.69) is 15.8 Å². The first-order chi connectivity index (χ1) is 19.2. The van der Waals surface area contributed by atoms with E-state index in [0.717, 1.165) is 62.9 Å². The van der Waals surface area contributed by atoms with Gasteiger partial charge in [-0.05, 0) is 68.1 Å². The van der Waals surface area contributed by atoms with Crippen molar-refractivity contribution in [2.24, 2.45) is 0 Å². The minimum Gasteiger partial charge on any atom is -0.493 e. The maximum absolute atomic E-state index is 13.3. The van der Waals surface area contributed by atoms with Gasteiger partial charge in [0.15, 0.2) is 0 Å². The predicted molar refractivity (Wildman–Crippen MR) is 150 cm³/mol. The van der Waals surface area contributed by atoms with Crippen LogP contribution >= 0.6 is 0 Å². The van der Waals surface area contributed by atoms with E-state index in [4.69, 9.17) is 14.2 Å². The number of hydrogen-bond donors (Lipinski definition) is 0. The summed E-state index contributed by atoms with van der Waals surface area (Å²) < 4.78 is 39.6. The summed E-state index contributed by atoms with van der Waals surface area (Å²) in [6, 6.07) is 11.7. The van der Waals surface area contributed by atoms with Crippen LogP contribution in [0.15, 0.2) is 40.9 Å². The molecule has 2 saturated heterocycles. The first-order valence-electron chi connectivity index (χ1n) is 13.7. The number of amides is 1. The zero-order valence-electron chi connectivity index (χ0n) is 22.8. The number of ether oxygens (including phenoxy) is 1. The topological polar surface area (TPSA) is 111 Å². The molecule has 40 heavy (non-hydrogen) atoms. The molecule has 2 aromatic carbocycles. The summed E-state index contributed by atoms with van der Waals surface area (Å²) in [5.41, 5.74) is 6.38. The van der Waals surface area contributed by atoms with Crippen LogP contribution in [0.3, 0.4) is 0 Å². The predicted octanol–water partition coefficient (Wildman–Crippen LogP) is 4.32. The molecule has 0 spiro atoms. The number of aromatic nitrogens is 3. The van der Waals surface area contributed by atoms with Crippen LogP contribution in [0.1, 0.15) is 54.2 Å². The number of aryl methyl sites for hydroxylation is 2. The molecule has 0 aliphatic carbocycles. The monoisotopic (exact) mass is 561 g/mol. The second-order valence-electron chi connectivity index (χ2n) is 11.0. The lowest BCUT2D eigenvalue weighted by Crippen LogP contribution is -2.31. The lowest BCUT2D eigenvalue weighted by Gasteiger charge is -2.27. The molecule has 0 radical (unpaired) electrons. The van der Waals surface area contributed by atoms with Gasteiger partial charge in [0, 0.05) is 37.2 Å². The number of anilines is 1. The Morgan fingerprint density at radius 1 is 1.05 bits per heavy atom. The van der Waals surface area contributed by atoms with Gasteiger partial charge in [-0.2, -0.15) is 0 Å². The van der Waals surface area contributed by atoms with Crippen molar-refractivity contribution in [3.63, 3.8) is 0 Å². The van der Waals surface area contributed by atoms with Gasteiger partial charge in [0.1, 0.15) is 17.3 Å². The lowest BCUT2D eigenvalue weighted by atomic mass is 10.0. The highest BCUT2D eigenvalue weighted by atomic mass is 32.2. The molecule has 0 N–H and O–H groups in total. The van der Waals surface area contributed by atoms with Gasteiger partial charge >= 0.3 is 0 Å². The van der Waals surface area contributed by atoms with Crippen molar-refractivity contribution >= 4 is 32.7 Å². The van der Waals surface area contributed by atoms with E-state index in [1.807, 2.05) is 49.1 Å². The fourth-order valence-electron chi connectivity index (χ4n) is 6.58. The van der Waals surface area contributed by atoms with Crippen molar-refractivity contribution < 1.29 is 22.5 Å². The summed E-state index contributed by atoms with van der Waals surface area (Å²) in [6.07, 6.45) is 3.81. The molecule has 11 heteroatoms. The van der Waals surface area contributed by atoms with Crippen LogP contribution in [0.2, 0.25) is 0 Å². The van der Waals surface area contributed by atoms with Crippen molar-refractivity contribution in [3.8, 4) is 16.9 Å². The third-order valence-corrected chi connectivity index (χ3v) is 9.73. The molecule has 0 saturated carbocycles. The Morgan fingerprint density at radius 3 is 2.65 bits per heavy atom. The number of fused-ring (bicyclic) bond motifs is 2. The van der Waals surface area contributed by atoms with Crippen LogP contribution in [0, 0.1) is 13.8 Å². The molecule has 4 aromatic rings. The summed E-state index contributed by atoms with van der Waals surface area (Å²) in [5, 5.41) is 4.11. The molecule has 1 amide bonds. The lowest BCUT2D eigenvalue weighted by molar-refractivity contribution is -0.117. The summed E-state index contributed by atoms with van der Waals surface area (Å²) in [6.45, 7) is 5.29. The zero-order chi connectivity index (χ0) is 27.8. The molecule has 208 valence electrons. The van der Waals surface area contributed by atoms with Gasteiger partial charge < -0.3 is 18.7 Å². The summed E-state index contributed by atoms with van der Waals surface area (Å²) in [7, 11) is -3.32. The number of imidazole rings is 1. The molecule has 5 heterocycles. The second-order valence-corrected chi connectivity index (χ2v) is 13.0. The van der Waals surface area contributed by atoms with Crippen molar-refractivity contribution in [2.75, 3.05) is 30.9 Å². The molecule has 3 aliphatic heterocycles. The summed E-state index contributed by atoms with van der Waals surface area (Å²) >= 11 is 0. The van der Waals surface area contributed by atoms with Crippen LogP contribution < -0.4 is 9.64 Å². The minimum atomic E-state index is -3.32. The largest absolute Gasteiger partial charge is 0.493 e. The number of rotatable bonds is 5. The van der Waals surface area contributed by atoms with E-state index >= 15 is 0 Å². The molecule has 2 atom stereocenters. The molecule has 10 nitrogen and oxygen atoms in total. The minimum absolute atomic E-state index is 0.0584. The summed E-state index contributed by atoms with van der Waals surface area (Å²) in [5.74, 6) is 2.46. The van der Waals surface area contributed by atoms with E-state index < -0.39 is 10.0 Å².